The normalized spacial score (nSPS) is 10.1. The minimum absolute atomic E-state index is 0.133. The van der Waals surface area contributed by atoms with E-state index in [9.17, 15) is 4.79 Å². The lowest BCUT2D eigenvalue weighted by atomic mass is 9.84. The molecule has 2 aromatic heterocycles. The zero-order valence-corrected chi connectivity index (χ0v) is 20.1. The van der Waals surface area contributed by atoms with E-state index >= 15 is 0 Å². The number of aromatic nitrogens is 4. The number of hydrogen-bond acceptors (Lipinski definition) is 3. The highest BCUT2D eigenvalue weighted by molar-refractivity contribution is 5.76. The van der Waals surface area contributed by atoms with E-state index in [1.165, 1.54) is 0 Å². The Bertz CT molecular complexity index is 892. The third-order valence-electron chi connectivity index (χ3n) is 4.34. The summed E-state index contributed by atoms with van der Waals surface area (Å²) in [5, 5.41) is 4.47. The Balaban J connectivity index is 0.00000120. The van der Waals surface area contributed by atoms with E-state index in [-0.39, 0.29) is 11.0 Å². The molecule has 0 saturated heterocycles. The number of benzene rings is 1. The van der Waals surface area contributed by atoms with Crippen LogP contribution in [0.1, 0.15) is 85.8 Å². The van der Waals surface area contributed by atoms with Crippen LogP contribution in [0.2, 0.25) is 0 Å². The van der Waals surface area contributed by atoms with E-state index in [4.69, 9.17) is 4.98 Å². The summed E-state index contributed by atoms with van der Waals surface area (Å²) in [6, 6.07) is 10.1. The molecule has 0 unspecified atom stereocenters. The lowest BCUT2D eigenvalue weighted by molar-refractivity contribution is 0.590. The van der Waals surface area contributed by atoms with Crippen LogP contribution in [0.5, 0.6) is 0 Å². The summed E-state index contributed by atoms with van der Waals surface area (Å²) in [5.74, 6) is 0.673. The van der Waals surface area contributed by atoms with Gasteiger partial charge in [-0.25, -0.2) is 4.98 Å². The van der Waals surface area contributed by atoms with Crippen LogP contribution < -0.4 is 5.56 Å². The summed E-state index contributed by atoms with van der Waals surface area (Å²) in [6.45, 7) is 18.2. The van der Waals surface area contributed by atoms with Crippen LogP contribution in [-0.2, 0) is 18.9 Å². The molecule has 0 aliphatic carbocycles. The highest BCUT2D eigenvalue weighted by Gasteiger charge is 2.27. The average Bonchev–Trinajstić information content (AvgIpc) is 3.09. The predicted molar refractivity (Wildman–Crippen MR) is 126 cm³/mol. The Morgan fingerprint density at radius 1 is 1.00 bits per heavy atom. The molecule has 0 fully saturated rings. The smallest absolute Gasteiger partial charge is 0.277 e. The number of fused-ring (bicyclic) bond motifs is 1. The molecule has 1 aromatic carbocycles. The van der Waals surface area contributed by atoms with Crippen molar-refractivity contribution >= 4 is 11.0 Å². The van der Waals surface area contributed by atoms with E-state index in [2.05, 4.69) is 43.0 Å². The van der Waals surface area contributed by atoms with Crippen molar-refractivity contribution in [3.63, 3.8) is 0 Å². The van der Waals surface area contributed by atoms with Crippen molar-refractivity contribution in [2.75, 3.05) is 0 Å². The molecule has 0 amide bonds. The quantitative estimate of drug-likeness (QED) is 0.583. The second-order valence-electron chi connectivity index (χ2n) is 6.42. The van der Waals surface area contributed by atoms with Gasteiger partial charge in [0.05, 0.1) is 5.69 Å². The van der Waals surface area contributed by atoms with Crippen LogP contribution in [-0.4, -0.2) is 19.7 Å². The number of aromatic amines is 1. The van der Waals surface area contributed by atoms with E-state index in [0.717, 1.165) is 29.6 Å². The van der Waals surface area contributed by atoms with Gasteiger partial charge in [-0.3, -0.25) is 9.48 Å². The molecular weight excluding hydrogens is 360 g/mol. The number of H-pyrrole nitrogens is 1. The second kappa shape index (κ2) is 12.9. The van der Waals surface area contributed by atoms with Crippen LogP contribution in [0, 0.1) is 0 Å². The van der Waals surface area contributed by atoms with Gasteiger partial charge in [-0.2, -0.15) is 5.10 Å². The maximum Gasteiger partial charge on any atom is 0.277 e. The monoisotopic (exact) mass is 400 g/mol. The van der Waals surface area contributed by atoms with Gasteiger partial charge in [-0.1, -0.05) is 85.2 Å². The third kappa shape index (κ3) is 6.02. The molecule has 0 spiro atoms. The standard InChI is InChI=1S/C18H22N4O.3C2H6/c1-5-9-13-14-15(22(4)21-13)16(23)20-17(19-14)18(2,3)12-10-7-6-8-11-12;3*1-2/h6-8,10-11H,5,9H2,1-4H3,(H,19,20,23);3*1-2H3. The SMILES string of the molecule is CC.CC.CC.CCCc1nn(C)c2c(=O)[nH]c(C(C)(C)c3ccccc3)nc12. The Hall–Kier alpha value is -2.43. The van der Waals surface area contributed by atoms with Crippen LogP contribution in [0.25, 0.3) is 11.0 Å². The van der Waals surface area contributed by atoms with Crippen molar-refractivity contribution in [3.05, 3.63) is 57.8 Å². The first kappa shape index (κ1) is 26.6. The number of hydrogen-bond donors (Lipinski definition) is 1. The zero-order valence-electron chi connectivity index (χ0n) is 20.1. The molecule has 0 aliphatic heterocycles. The molecule has 0 bridgehead atoms. The van der Waals surface area contributed by atoms with Crippen molar-refractivity contribution in [1.82, 2.24) is 19.7 Å². The summed E-state index contributed by atoms with van der Waals surface area (Å²) in [5.41, 5.74) is 2.75. The molecule has 162 valence electrons. The highest BCUT2D eigenvalue weighted by Crippen LogP contribution is 2.29. The molecule has 0 atom stereocenters. The largest absolute Gasteiger partial charge is 0.308 e. The highest BCUT2D eigenvalue weighted by atomic mass is 16.1. The lowest BCUT2D eigenvalue weighted by Gasteiger charge is -2.24. The first-order chi connectivity index (χ1) is 13.9. The minimum Gasteiger partial charge on any atom is -0.308 e. The van der Waals surface area contributed by atoms with Crippen LogP contribution >= 0.6 is 0 Å². The van der Waals surface area contributed by atoms with Crippen LogP contribution in [0.3, 0.4) is 0 Å². The number of rotatable bonds is 4. The van der Waals surface area contributed by atoms with Crippen LogP contribution in [0.4, 0.5) is 0 Å². The van der Waals surface area contributed by atoms with E-state index in [1.807, 2.05) is 59.7 Å². The summed E-state index contributed by atoms with van der Waals surface area (Å²) in [4.78, 5) is 20.3. The fourth-order valence-electron chi connectivity index (χ4n) is 2.94. The Kier molecular flexibility index (Phi) is 11.8. The maximum atomic E-state index is 12.6. The Morgan fingerprint density at radius 2 is 1.55 bits per heavy atom. The van der Waals surface area contributed by atoms with Crippen molar-refractivity contribution in [3.8, 4) is 0 Å². The van der Waals surface area contributed by atoms with Gasteiger partial charge in [-0.15, -0.1) is 0 Å². The molecule has 29 heavy (non-hydrogen) atoms. The second-order valence-corrected chi connectivity index (χ2v) is 6.42. The lowest BCUT2D eigenvalue weighted by Crippen LogP contribution is -2.26. The summed E-state index contributed by atoms with van der Waals surface area (Å²) < 4.78 is 1.63. The first-order valence-corrected chi connectivity index (χ1v) is 11.0. The molecule has 1 N–H and O–H groups in total. The first-order valence-electron chi connectivity index (χ1n) is 11.0. The fraction of sp³-hybridized carbons (Fsp3) is 0.542. The Labute approximate surface area is 176 Å². The van der Waals surface area contributed by atoms with Crippen molar-refractivity contribution in [2.24, 2.45) is 7.05 Å². The fourth-order valence-corrected chi connectivity index (χ4v) is 2.94. The van der Waals surface area contributed by atoms with Gasteiger partial charge < -0.3 is 4.98 Å². The minimum atomic E-state index is -0.381. The van der Waals surface area contributed by atoms with E-state index in [1.54, 1.807) is 11.7 Å². The van der Waals surface area contributed by atoms with Crippen molar-refractivity contribution < 1.29 is 0 Å². The van der Waals surface area contributed by atoms with Gasteiger partial charge in [0.15, 0.2) is 5.52 Å². The average molecular weight is 401 g/mol. The molecule has 0 saturated carbocycles. The molecule has 5 heteroatoms. The van der Waals surface area contributed by atoms with Gasteiger partial charge in [0, 0.05) is 12.5 Å². The van der Waals surface area contributed by atoms with Gasteiger partial charge in [-0.05, 0) is 25.8 Å². The van der Waals surface area contributed by atoms with Gasteiger partial charge in [0.2, 0.25) is 0 Å². The zero-order chi connectivity index (χ0) is 22.6. The van der Waals surface area contributed by atoms with Gasteiger partial charge >= 0.3 is 0 Å². The number of aryl methyl sites for hydroxylation is 2. The molecule has 5 nitrogen and oxygen atoms in total. The van der Waals surface area contributed by atoms with Gasteiger partial charge in [0.1, 0.15) is 11.3 Å². The van der Waals surface area contributed by atoms with E-state index < -0.39 is 0 Å². The van der Waals surface area contributed by atoms with Crippen LogP contribution in [0.15, 0.2) is 35.1 Å². The maximum absolute atomic E-state index is 12.6. The molecule has 0 radical (unpaired) electrons. The summed E-state index contributed by atoms with van der Waals surface area (Å²) >= 11 is 0. The molecular formula is C24H40N4O. The Morgan fingerprint density at radius 3 is 2.07 bits per heavy atom. The number of nitrogens with one attached hydrogen (secondary N) is 1. The summed E-state index contributed by atoms with van der Waals surface area (Å²) in [6.07, 6.45) is 1.79. The predicted octanol–water partition coefficient (Wildman–Crippen LogP) is 6.01. The molecule has 0 aliphatic rings. The number of nitrogens with zero attached hydrogens (tertiary/aromatic N) is 3. The van der Waals surface area contributed by atoms with Gasteiger partial charge in [0.25, 0.3) is 5.56 Å². The van der Waals surface area contributed by atoms with Crippen molar-refractivity contribution in [1.29, 1.82) is 0 Å². The molecule has 3 rings (SSSR count). The topological polar surface area (TPSA) is 63.6 Å². The third-order valence-corrected chi connectivity index (χ3v) is 4.34. The summed E-state index contributed by atoms with van der Waals surface area (Å²) in [7, 11) is 1.79. The molecule has 3 aromatic rings. The van der Waals surface area contributed by atoms with E-state index in [0.29, 0.717) is 11.3 Å². The van der Waals surface area contributed by atoms with Crippen molar-refractivity contribution in [2.45, 2.75) is 80.6 Å². The molecule has 2 heterocycles.